The molecule has 1 heterocycles. The summed E-state index contributed by atoms with van der Waals surface area (Å²) in [5.74, 6) is 6.49. The van der Waals surface area contributed by atoms with Crippen LogP contribution in [0.25, 0.3) is 0 Å². The molecule has 44 heavy (non-hydrogen) atoms. The maximum absolute atomic E-state index is 15.1. The van der Waals surface area contributed by atoms with E-state index in [1.807, 2.05) is 0 Å². The maximum atomic E-state index is 15.1. The molecule has 0 spiro atoms. The highest BCUT2D eigenvalue weighted by atomic mass is 16.2. The number of dihydropyridines is 1. The van der Waals surface area contributed by atoms with Gasteiger partial charge in [-0.05, 0) is 150 Å². The van der Waals surface area contributed by atoms with Gasteiger partial charge in [-0.25, -0.2) is 0 Å². The van der Waals surface area contributed by atoms with E-state index in [1.54, 1.807) is 0 Å². The lowest BCUT2D eigenvalue weighted by molar-refractivity contribution is -0.163. The normalized spacial score (nSPS) is 44.4. The van der Waals surface area contributed by atoms with E-state index in [0.717, 1.165) is 106 Å². The lowest BCUT2D eigenvalue weighted by Crippen LogP contribution is -2.63. The zero-order chi connectivity index (χ0) is 29.5. The summed E-state index contributed by atoms with van der Waals surface area (Å²) in [6.07, 6.45) is 33.4. The Morgan fingerprint density at radius 2 is 1.02 bits per heavy atom. The summed E-state index contributed by atoms with van der Waals surface area (Å²) >= 11 is 0. The lowest BCUT2D eigenvalue weighted by Gasteiger charge is -2.58. The van der Waals surface area contributed by atoms with Crippen LogP contribution in [0.1, 0.15) is 141 Å². The summed E-state index contributed by atoms with van der Waals surface area (Å²) in [4.78, 5) is 34.8. The number of allylic oxidation sites excluding steroid dienone is 2. The number of carbonyl (C=O) groups excluding carboxylic acids is 2. The van der Waals surface area contributed by atoms with Gasteiger partial charge in [0, 0.05) is 12.1 Å². The first-order valence-corrected chi connectivity index (χ1v) is 19.3. The molecule has 1 aliphatic heterocycles. The molecular formula is C39H57N3O2. The number of carbonyl (C=O) groups is 2. The zero-order valence-electron chi connectivity index (χ0n) is 27.2. The molecule has 10 saturated carbocycles. The standard InChI is InChI=1S/C39H57N3O2/c43-36(38-20-26-14-27(21-38)16-28(15-26)22-38)41(32-8-3-1-4-9-32)34-12-7-13-35(40-34)42(33-10-5-2-6-11-33)37(44)39-23-29-17-30(24-39)19-31(18-29)25-39/h7,12-13,26-34,40H,1-6,8-11,14-25H2. The zero-order valence-corrected chi connectivity index (χ0v) is 27.2. The average Bonchev–Trinajstić information content (AvgIpc) is 3.01. The highest BCUT2D eigenvalue weighted by molar-refractivity contribution is 5.86. The predicted molar refractivity (Wildman–Crippen MR) is 173 cm³/mol. The highest BCUT2D eigenvalue weighted by Gasteiger charge is 2.58. The highest BCUT2D eigenvalue weighted by Crippen LogP contribution is 2.62. The molecule has 0 aromatic rings. The minimum absolute atomic E-state index is 0.138. The number of hydrogen-bond donors (Lipinski definition) is 1. The van der Waals surface area contributed by atoms with Crippen molar-refractivity contribution in [2.45, 2.75) is 160 Å². The van der Waals surface area contributed by atoms with Crippen molar-refractivity contribution in [2.75, 3.05) is 0 Å². The van der Waals surface area contributed by atoms with Crippen LogP contribution in [-0.4, -0.2) is 39.9 Å². The third-order valence-electron chi connectivity index (χ3n) is 14.7. The molecule has 240 valence electrons. The summed E-state index contributed by atoms with van der Waals surface area (Å²) in [5, 5.41) is 3.96. The first-order valence-electron chi connectivity index (χ1n) is 19.3. The molecule has 1 unspecified atom stereocenters. The second kappa shape index (κ2) is 10.9. The predicted octanol–water partition coefficient (Wildman–Crippen LogP) is 8.07. The van der Waals surface area contributed by atoms with E-state index in [2.05, 4.69) is 33.3 Å². The van der Waals surface area contributed by atoms with Gasteiger partial charge >= 0.3 is 0 Å². The second-order valence-corrected chi connectivity index (χ2v) is 17.9. The summed E-state index contributed by atoms with van der Waals surface area (Å²) < 4.78 is 0. The third kappa shape index (κ3) is 4.74. The second-order valence-electron chi connectivity index (χ2n) is 17.9. The molecule has 8 bridgehead atoms. The number of hydrogen-bond acceptors (Lipinski definition) is 3. The van der Waals surface area contributed by atoms with Crippen molar-refractivity contribution in [3.05, 3.63) is 24.0 Å². The van der Waals surface area contributed by atoms with Crippen LogP contribution >= 0.6 is 0 Å². The Bertz CT molecular complexity index is 1140. The van der Waals surface area contributed by atoms with Crippen LogP contribution in [0.2, 0.25) is 0 Å². The van der Waals surface area contributed by atoms with Crippen LogP contribution in [0.3, 0.4) is 0 Å². The molecule has 2 amide bonds. The summed E-state index contributed by atoms with van der Waals surface area (Å²) in [7, 11) is 0. The lowest BCUT2D eigenvalue weighted by atomic mass is 9.49. The maximum Gasteiger partial charge on any atom is 0.234 e. The van der Waals surface area contributed by atoms with Gasteiger partial charge in [0.25, 0.3) is 0 Å². The molecule has 0 radical (unpaired) electrons. The van der Waals surface area contributed by atoms with E-state index in [-0.39, 0.29) is 23.0 Å². The SMILES string of the molecule is O=C(N(C1=CC=CC(N(C(=O)C23CC4CC(CC(C4)C2)C3)C2CCCCC2)N1)C1CCCCC1)C12CC3CC(CC(C3)C1)C2. The minimum Gasteiger partial charge on any atom is -0.348 e. The van der Waals surface area contributed by atoms with Gasteiger partial charge in [-0.2, -0.15) is 0 Å². The Morgan fingerprint density at radius 1 is 0.591 bits per heavy atom. The Labute approximate surface area is 266 Å². The van der Waals surface area contributed by atoms with Crippen LogP contribution in [0, 0.1) is 46.3 Å². The van der Waals surface area contributed by atoms with Gasteiger partial charge in [-0.15, -0.1) is 0 Å². The van der Waals surface area contributed by atoms with Crippen molar-refractivity contribution in [1.29, 1.82) is 0 Å². The van der Waals surface area contributed by atoms with Gasteiger partial charge in [0.1, 0.15) is 12.0 Å². The monoisotopic (exact) mass is 599 g/mol. The fourth-order valence-electron chi connectivity index (χ4n) is 13.8. The summed E-state index contributed by atoms with van der Waals surface area (Å²) in [5.41, 5.74) is -0.287. The number of nitrogens with zero attached hydrogens (tertiary/aromatic N) is 2. The van der Waals surface area contributed by atoms with Crippen molar-refractivity contribution < 1.29 is 9.59 Å². The van der Waals surface area contributed by atoms with E-state index >= 15 is 9.59 Å². The van der Waals surface area contributed by atoms with Crippen LogP contribution in [-0.2, 0) is 9.59 Å². The van der Waals surface area contributed by atoms with E-state index in [4.69, 9.17) is 0 Å². The van der Waals surface area contributed by atoms with Crippen molar-refractivity contribution in [1.82, 2.24) is 15.1 Å². The van der Waals surface area contributed by atoms with E-state index in [1.165, 1.54) is 77.0 Å². The van der Waals surface area contributed by atoms with Gasteiger partial charge in [0.15, 0.2) is 0 Å². The van der Waals surface area contributed by atoms with E-state index in [0.29, 0.717) is 17.9 Å². The first kappa shape index (κ1) is 28.4. The fourth-order valence-corrected chi connectivity index (χ4v) is 13.8. The van der Waals surface area contributed by atoms with Crippen molar-refractivity contribution in [3.63, 3.8) is 0 Å². The molecular weight excluding hydrogens is 542 g/mol. The fraction of sp³-hybridized carbons (Fsp3) is 0.846. The first-order chi connectivity index (χ1) is 21.5. The van der Waals surface area contributed by atoms with Gasteiger partial charge in [-0.1, -0.05) is 44.6 Å². The van der Waals surface area contributed by atoms with Gasteiger partial charge in [-0.3, -0.25) is 14.5 Å². The minimum atomic E-state index is -0.149. The Hall–Kier alpha value is -1.78. The van der Waals surface area contributed by atoms with E-state index < -0.39 is 0 Å². The Kier molecular flexibility index (Phi) is 7.05. The Balaban J connectivity index is 1.03. The molecule has 0 saturated heterocycles. The van der Waals surface area contributed by atoms with E-state index in [9.17, 15) is 0 Å². The molecule has 11 aliphatic rings. The largest absolute Gasteiger partial charge is 0.348 e. The van der Waals surface area contributed by atoms with Crippen LogP contribution in [0.15, 0.2) is 24.0 Å². The molecule has 0 aromatic carbocycles. The van der Waals surface area contributed by atoms with Crippen molar-refractivity contribution >= 4 is 11.8 Å². The summed E-state index contributed by atoms with van der Waals surface area (Å²) in [6, 6.07) is 0.602. The number of nitrogens with one attached hydrogen (secondary N) is 1. The molecule has 5 heteroatoms. The van der Waals surface area contributed by atoms with Crippen LogP contribution < -0.4 is 5.32 Å². The molecule has 1 N–H and O–H groups in total. The van der Waals surface area contributed by atoms with Gasteiger partial charge in [0.05, 0.1) is 10.8 Å². The number of rotatable bonds is 6. The van der Waals surface area contributed by atoms with Crippen LogP contribution in [0.4, 0.5) is 0 Å². The quantitative estimate of drug-likeness (QED) is 0.336. The van der Waals surface area contributed by atoms with Gasteiger partial charge < -0.3 is 10.2 Å². The molecule has 1 atom stereocenters. The molecule has 10 aliphatic carbocycles. The molecule has 5 nitrogen and oxygen atoms in total. The number of amides is 2. The smallest absolute Gasteiger partial charge is 0.234 e. The topological polar surface area (TPSA) is 52.7 Å². The van der Waals surface area contributed by atoms with Crippen molar-refractivity contribution in [2.24, 2.45) is 46.3 Å². The molecule has 11 rings (SSSR count). The third-order valence-corrected chi connectivity index (χ3v) is 14.7. The molecule has 0 aromatic heterocycles. The molecule has 10 fully saturated rings. The van der Waals surface area contributed by atoms with Gasteiger partial charge in [0.2, 0.25) is 11.8 Å². The summed E-state index contributed by atoms with van der Waals surface area (Å²) in [6.45, 7) is 0. The average molecular weight is 600 g/mol. The van der Waals surface area contributed by atoms with Crippen LogP contribution in [0.5, 0.6) is 0 Å². The Morgan fingerprint density at radius 3 is 1.50 bits per heavy atom. The van der Waals surface area contributed by atoms with Crippen molar-refractivity contribution in [3.8, 4) is 0 Å².